The first-order chi connectivity index (χ1) is 7.24. The van der Waals surface area contributed by atoms with Gasteiger partial charge in [-0.3, -0.25) is 0 Å². The Morgan fingerprint density at radius 3 is 2.27 bits per heavy atom. The molecule has 1 aromatic rings. The van der Waals surface area contributed by atoms with Crippen LogP contribution in [0.15, 0.2) is 30.3 Å². The molecule has 1 aliphatic rings. The monoisotopic (exact) mass is 205 g/mol. The predicted octanol–water partition coefficient (Wildman–Crippen LogP) is 3.05. The molecule has 1 unspecified atom stereocenters. The van der Waals surface area contributed by atoms with Crippen molar-refractivity contribution in [3.8, 4) is 0 Å². The van der Waals surface area contributed by atoms with Crippen molar-refractivity contribution in [2.45, 2.75) is 44.9 Å². The van der Waals surface area contributed by atoms with Gasteiger partial charge in [0.1, 0.15) is 0 Å². The molecule has 2 rings (SSSR count). The second-order valence-corrected chi connectivity index (χ2v) is 4.44. The molecule has 1 N–H and O–H groups in total. The molecule has 0 bridgehead atoms. The molecule has 2 nitrogen and oxygen atoms in total. The maximum atomic E-state index is 5.71. The van der Waals surface area contributed by atoms with Crippen LogP contribution in [-0.2, 0) is 4.74 Å². The Bertz CT molecular complexity index is 289. The molecule has 0 spiro atoms. The molecule has 0 amide bonds. The van der Waals surface area contributed by atoms with Crippen molar-refractivity contribution in [1.82, 2.24) is 0 Å². The summed E-state index contributed by atoms with van der Waals surface area (Å²) in [6.07, 6.45) is 2.93. The maximum absolute atomic E-state index is 5.71. The van der Waals surface area contributed by atoms with Crippen molar-refractivity contribution in [2.24, 2.45) is 0 Å². The van der Waals surface area contributed by atoms with E-state index in [1.807, 2.05) is 6.07 Å². The number of para-hydroxylation sites is 1. The summed E-state index contributed by atoms with van der Waals surface area (Å²) in [5.74, 6) is 0. The Labute approximate surface area is 91.6 Å². The van der Waals surface area contributed by atoms with Gasteiger partial charge in [0.05, 0.1) is 12.2 Å². The van der Waals surface area contributed by atoms with Gasteiger partial charge in [0, 0.05) is 11.7 Å². The topological polar surface area (TPSA) is 21.3 Å². The van der Waals surface area contributed by atoms with E-state index >= 15 is 0 Å². The van der Waals surface area contributed by atoms with Gasteiger partial charge >= 0.3 is 0 Å². The number of ether oxygens (including phenoxy) is 1. The molecule has 15 heavy (non-hydrogen) atoms. The molecule has 1 aromatic carbocycles. The van der Waals surface area contributed by atoms with Gasteiger partial charge in [0.2, 0.25) is 0 Å². The van der Waals surface area contributed by atoms with E-state index in [2.05, 4.69) is 43.4 Å². The average Bonchev–Trinajstić information content (AvgIpc) is 2.17. The highest BCUT2D eigenvalue weighted by Crippen LogP contribution is 2.22. The normalized spacial score (nSPS) is 31.2. The van der Waals surface area contributed by atoms with Crippen molar-refractivity contribution in [2.75, 3.05) is 5.32 Å². The molecule has 82 valence electrons. The van der Waals surface area contributed by atoms with Crippen LogP contribution in [0.5, 0.6) is 0 Å². The molecule has 2 heteroatoms. The van der Waals surface area contributed by atoms with Crippen LogP contribution in [0.1, 0.15) is 26.7 Å². The summed E-state index contributed by atoms with van der Waals surface area (Å²) < 4.78 is 5.71. The fraction of sp³-hybridized carbons (Fsp3) is 0.538. The van der Waals surface area contributed by atoms with Crippen LogP contribution >= 0.6 is 0 Å². The summed E-state index contributed by atoms with van der Waals surface area (Å²) >= 11 is 0. The number of hydrogen-bond acceptors (Lipinski definition) is 2. The molecule has 0 aliphatic carbocycles. The van der Waals surface area contributed by atoms with Crippen molar-refractivity contribution in [3.05, 3.63) is 30.3 Å². The minimum atomic E-state index is 0.370. The zero-order chi connectivity index (χ0) is 10.7. The molecule has 1 heterocycles. The first-order valence-electron chi connectivity index (χ1n) is 5.71. The zero-order valence-corrected chi connectivity index (χ0v) is 9.44. The Hall–Kier alpha value is -1.02. The van der Waals surface area contributed by atoms with Gasteiger partial charge in [0.25, 0.3) is 0 Å². The van der Waals surface area contributed by atoms with E-state index in [1.54, 1.807) is 0 Å². The van der Waals surface area contributed by atoms with Gasteiger partial charge in [-0.05, 0) is 38.8 Å². The molecule has 3 atom stereocenters. The largest absolute Gasteiger partial charge is 0.382 e. The molecular weight excluding hydrogens is 186 g/mol. The highest BCUT2D eigenvalue weighted by atomic mass is 16.5. The first-order valence-corrected chi connectivity index (χ1v) is 5.71. The lowest BCUT2D eigenvalue weighted by atomic mass is 9.99. The number of anilines is 1. The second-order valence-electron chi connectivity index (χ2n) is 4.44. The van der Waals surface area contributed by atoms with Gasteiger partial charge in [-0.15, -0.1) is 0 Å². The standard InChI is InChI=1S/C13H19NO/c1-10-8-13(9-11(2)15-10)14-12-6-4-3-5-7-12/h3-7,10-11,13-14H,8-9H2,1-2H3/t10-,11+,13?. The molecular formula is C13H19NO. The van der Waals surface area contributed by atoms with Gasteiger partial charge in [-0.2, -0.15) is 0 Å². The molecule has 1 fully saturated rings. The van der Waals surface area contributed by atoms with Crippen LogP contribution < -0.4 is 5.32 Å². The van der Waals surface area contributed by atoms with Crippen molar-refractivity contribution >= 4 is 5.69 Å². The van der Waals surface area contributed by atoms with E-state index in [1.165, 1.54) is 5.69 Å². The Morgan fingerprint density at radius 1 is 1.07 bits per heavy atom. The predicted molar refractivity (Wildman–Crippen MR) is 63.1 cm³/mol. The maximum Gasteiger partial charge on any atom is 0.0570 e. The first kappa shape index (κ1) is 10.5. The third kappa shape index (κ3) is 2.96. The molecule has 1 saturated heterocycles. The van der Waals surface area contributed by atoms with Crippen LogP contribution in [0.2, 0.25) is 0 Å². The smallest absolute Gasteiger partial charge is 0.0570 e. The van der Waals surface area contributed by atoms with Crippen LogP contribution in [0.3, 0.4) is 0 Å². The lowest BCUT2D eigenvalue weighted by Gasteiger charge is -2.33. The van der Waals surface area contributed by atoms with E-state index in [0.29, 0.717) is 18.2 Å². The fourth-order valence-electron chi connectivity index (χ4n) is 2.29. The van der Waals surface area contributed by atoms with Crippen molar-refractivity contribution < 1.29 is 4.74 Å². The van der Waals surface area contributed by atoms with Crippen molar-refractivity contribution in [3.63, 3.8) is 0 Å². The SMILES string of the molecule is C[C@@H]1CC(Nc2ccccc2)C[C@H](C)O1. The summed E-state index contributed by atoms with van der Waals surface area (Å²) in [7, 11) is 0. The minimum Gasteiger partial charge on any atom is -0.382 e. The highest BCUT2D eigenvalue weighted by Gasteiger charge is 2.23. The summed E-state index contributed by atoms with van der Waals surface area (Å²) in [5.41, 5.74) is 1.21. The van der Waals surface area contributed by atoms with E-state index < -0.39 is 0 Å². The minimum absolute atomic E-state index is 0.370. The summed E-state index contributed by atoms with van der Waals surface area (Å²) in [4.78, 5) is 0. The van der Waals surface area contributed by atoms with Gasteiger partial charge in [-0.25, -0.2) is 0 Å². The van der Waals surface area contributed by atoms with Crippen LogP contribution in [0.4, 0.5) is 5.69 Å². The number of benzene rings is 1. The van der Waals surface area contributed by atoms with Gasteiger partial charge in [0.15, 0.2) is 0 Å². The van der Waals surface area contributed by atoms with Crippen LogP contribution in [0.25, 0.3) is 0 Å². The third-order valence-electron chi connectivity index (χ3n) is 2.84. The summed E-state index contributed by atoms with van der Waals surface area (Å²) in [6, 6.07) is 10.9. The van der Waals surface area contributed by atoms with Crippen molar-refractivity contribution in [1.29, 1.82) is 0 Å². The number of hydrogen-bond donors (Lipinski definition) is 1. The molecule has 0 saturated carbocycles. The van der Waals surface area contributed by atoms with Crippen LogP contribution in [0, 0.1) is 0 Å². The third-order valence-corrected chi connectivity index (χ3v) is 2.84. The van der Waals surface area contributed by atoms with E-state index in [-0.39, 0.29) is 0 Å². The van der Waals surface area contributed by atoms with Gasteiger partial charge < -0.3 is 10.1 Å². The second kappa shape index (κ2) is 4.67. The molecule has 0 radical (unpaired) electrons. The summed E-state index contributed by atoms with van der Waals surface area (Å²) in [5, 5.41) is 3.56. The van der Waals surface area contributed by atoms with Crippen LogP contribution in [-0.4, -0.2) is 18.2 Å². The Kier molecular flexibility index (Phi) is 3.27. The number of nitrogens with one attached hydrogen (secondary N) is 1. The van der Waals surface area contributed by atoms with Gasteiger partial charge in [-0.1, -0.05) is 18.2 Å². The lowest BCUT2D eigenvalue weighted by Crippen LogP contribution is -2.36. The lowest BCUT2D eigenvalue weighted by molar-refractivity contribution is -0.0337. The zero-order valence-electron chi connectivity index (χ0n) is 9.44. The molecule has 1 aliphatic heterocycles. The Balaban J connectivity index is 1.94. The summed E-state index contributed by atoms with van der Waals surface area (Å²) in [6.45, 7) is 4.30. The fourth-order valence-corrected chi connectivity index (χ4v) is 2.29. The quantitative estimate of drug-likeness (QED) is 0.801. The highest BCUT2D eigenvalue weighted by molar-refractivity contribution is 5.43. The molecule has 0 aromatic heterocycles. The van der Waals surface area contributed by atoms with E-state index in [0.717, 1.165) is 12.8 Å². The average molecular weight is 205 g/mol. The Morgan fingerprint density at radius 2 is 1.67 bits per heavy atom. The van der Waals surface area contributed by atoms with E-state index in [4.69, 9.17) is 4.74 Å². The van der Waals surface area contributed by atoms with E-state index in [9.17, 15) is 0 Å². The number of rotatable bonds is 2.